The maximum atomic E-state index is 14.3. The Morgan fingerprint density at radius 1 is 0.266 bits per heavy atom. The van der Waals surface area contributed by atoms with Crippen LogP contribution in [0.25, 0.3) is 0 Å². The van der Waals surface area contributed by atoms with Gasteiger partial charge in [0.2, 0.25) is 0 Å². The molecule has 386 valence electrons. The molecule has 1 unspecified atom stereocenters. The lowest BCUT2D eigenvalue weighted by Crippen LogP contribution is -2.67. The number of halogens is 36. The molecule has 0 rings (SSSR count). The first-order valence-electron chi connectivity index (χ1n) is 13.7. The Morgan fingerprint density at radius 2 is 0.500 bits per heavy atom. The minimum atomic E-state index is -9.01. The summed E-state index contributed by atoms with van der Waals surface area (Å²) in [6, 6.07) is 0. The van der Waals surface area contributed by atoms with Gasteiger partial charge in [-0.3, -0.25) is 4.74 Å². The average molecular weight is 1060 g/mol. The van der Waals surface area contributed by atoms with E-state index in [-0.39, 0.29) is 6.92 Å². The molecule has 0 radical (unpaired) electrons. The van der Waals surface area contributed by atoms with Crippen LogP contribution >= 0.6 is 0 Å². The molecule has 0 aromatic heterocycles. The van der Waals surface area contributed by atoms with E-state index in [0.717, 1.165) is 23.7 Å². The fraction of sp³-hybridized carbons (Fsp3) is 1.00. The molecule has 64 heavy (non-hydrogen) atoms. The van der Waals surface area contributed by atoms with Crippen molar-refractivity contribution in [2.45, 2.75) is 129 Å². The van der Waals surface area contributed by atoms with Crippen LogP contribution in [0.15, 0.2) is 0 Å². The first kappa shape index (κ1) is 61.2. The molecule has 0 amide bonds. The molecular formula is C21H8F36O7. The molecular weight excluding hydrogens is 1050 g/mol. The second-order valence-corrected chi connectivity index (χ2v) is 11.1. The van der Waals surface area contributed by atoms with Gasteiger partial charge in [-0.1, -0.05) is 6.92 Å². The van der Waals surface area contributed by atoms with Crippen molar-refractivity contribution in [3.05, 3.63) is 0 Å². The van der Waals surface area contributed by atoms with Crippen molar-refractivity contribution in [3.63, 3.8) is 0 Å². The molecule has 0 aromatic rings. The lowest BCUT2D eigenvalue weighted by Gasteiger charge is -2.40. The zero-order chi connectivity index (χ0) is 52.7. The van der Waals surface area contributed by atoms with E-state index in [2.05, 4.69) is 0 Å². The normalized spacial score (nSPS) is 17.5. The molecule has 0 saturated heterocycles. The maximum absolute atomic E-state index is 14.3. The Balaban J connectivity index is 6.90. The summed E-state index contributed by atoms with van der Waals surface area (Å²) >= 11 is 0. The van der Waals surface area contributed by atoms with Crippen LogP contribution < -0.4 is 0 Å². The third-order valence-electron chi connectivity index (χ3n) is 6.05. The highest BCUT2D eigenvalue weighted by atomic mass is 19.4. The molecule has 0 heterocycles. The first-order chi connectivity index (χ1) is 27.0. The Bertz CT molecular complexity index is 1600. The topological polar surface area (TPSA) is 64.6 Å². The summed E-state index contributed by atoms with van der Waals surface area (Å²) in [5.41, 5.74) is 0. The Labute approximate surface area is 322 Å². The second-order valence-electron chi connectivity index (χ2n) is 11.1. The van der Waals surface area contributed by atoms with Crippen LogP contribution in [-0.4, -0.2) is 109 Å². The quantitative estimate of drug-likeness (QED) is 0.0705. The molecule has 43 heteroatoms. The highest BCUT2D eigenvalue weighted by Gasteiger charge is 2.86. The lowest BCUT2D eigenvalue weighted by molar-refractivity contribution is -0.609. The second kappa shape index (κ2) is 16.5. The standard InChI is InChI=1S/C21H8F36O7/c1-3-5(24,25)11(36,37)60-13(40,41)7(28,29)15(44,45)62-19(52,53)20(54,55)64-21(56,57)63-16(46,47)8(30,9(31,32)33)58-17(48,49)18(50,51)61-14(42,43)6(26,27)12(38,39)59-10(34,35)4(2,22)23/h3H2,1-2H3. The number of hydrogen-bond acceptors (Lipinski definition) is 7. The molecule has 0 spiro atoms. The summed E-state index contributed by atoms with van der Waals surface area (Å²) in [6.07, 6.45) is -111. The molecule has 0 aliphatic heterocycles. The summed E-state index contributed by atoms with van der Waals surface area (Å²) in [5, 5.41) is 0. The SMILES string of the molecule is CCC(F)(F)C(F)(F)OC(F)(F)C(F)(F)C(F)(F)OC(F)(F)C(F)(F)OC(F)(F)OC(F)(F)C(F)(OC(F)(F)C(F)(F)OC(F)(F)C(F)(F)C(F)(F)OC(F)(F)C(C)(F)F)C(F)(F)F. The van der Waals surface area contributed by atoms with E-state index in [9.17, 15) is 158 Å². The van der Waals surface area contributed by atoms with Crippen LogP contribution in [0.3, 0.4) is 0 Å². The molecule has 1 atom stereocenters. The maximum Gasteiger partial charge on any atom is 0.495 e. The highest BCUT2D eigenvalue weighted by Crippen LogP contribution is 2.59. The van der Waals surface area contributed by atoms with E-state index in [0.29, 0.717) is 0 Å². The smallest absolute Gasteiger partial charge is 0.260 e. The Hall–Kier alpha value is -2.80. The van der Waals surface area contributed by atoms with Crippen LogP contribution in [0.4, 0.5) is 158 Å². The van der Waals surface area contributed by atoms with Gasteiger partial charge < -0.3 is 0 Å². The van der Waals surface area contributed by atoms with E-state index < -0.39 is 123 Å². The Kier molecular flexibility index (Phi) is 15.7. The van der Waals surface area contributed by atoms with Crippen LogP contribution in [0.5, 0.6) is 0 Å². The molecule has 0 fully saturated rings. The highest BCUT2D eigenvalue weighted by molar-refractivity contribution is 4.94. The molecule has 0 aliphatic carbocycles. The fourth-order valence-corrected chi connectivity index (χ4v) is 2.69. The van der Waals surface area contributed by atoms with Gasteiger partial charge in [0, 0.05) is 13.3 Å². The van der Waals surface area contributed by atoms with Crippen LogP contribution in [0.2, 0.25) is 0 Å². The van der Waals surface area contributed by atoms with Crippen molar-refractivity contribution in [1.82, 2.24) is 0 Å². The van der Waals surface area contributed by atoms with Gasteiger partial charge in [0.05, 0.1) is 0 Å². The molecule has 7 nitrogen and oxygen atoms in total. The average Bonchev–Trinajstić information content (AvgIpc) is 2.95. The van der Waals surface area contributed by atoms with Crippen molar-refractivity contribution in [1.29, 1.82) is 0 Å². The van der Waals surface area contributed by atoms with Gasteiger partial charge in [-0.2, -0.15) is 149 Å². The predicted octanol–water partition coefficient (Wildman–Crippen LogP) is 12.4. The van der Waals surface area contributed by atoms with Gasteiger partial charge >= 0.3 is 109 Å². The van der Waals surface area contributed by atoms with Crippen LogP contribution in [0, 0.1) is 0 Å². The largest absolute Gasteiger partial charge is 0.495 e. The lowest BCUT2D eigenvalue weighted by atomic mass is 10.2. The van der Waals surface area contributed by atoms with E-state index in [1.54, 1.807) is 0 Å². The van der Waals surface area contributed by atoms with Crippen molar-refractivity contribution < 1.29 is 191 Å². The van der Waals surface area contributed by atoms with Gasteiger partial charge in [-0.15, -0.1) is 8.78 Å². The van der Waals surface area contributed by atoms with E-state index in [1.807, 2.05) is 0 Å². The molecule has 0 aliphatic rings. The third-order valence-corrected chi connectivity index (χ3v) is 6.05. The summed E-state index contributed by atoms with van der Waals surface area (Å²) in [5.74, 6) is -38.4. The predicted molar refractivity (Wildman–Crippen MR) is 113 cm³/mol. The summed E-state index contributed by atoms with van der Waals surface area (Å²) in [6.45, 7) is -1.36. The van der Waals surface area contributed by atoms with Crippen molar-refractivity contribution in [2.75, 3.05) is 0 Å². The van der Waals surface area contributed by atoms with Gasteiger partial charge in [-0.25, -0.2) is 28.4 Å². The molecule has 0 N–H and O–H groups in total. The summed E-state index contributed by atoms with van der Waals surface area (Å²) in [7, 11) is 0. The molecule has 0 saturated carbocycles. The number of rotatable bonds is 24. The van der Waals surface area contributed by atoms with E-state index >= 15 is 0 Å². The van der Waals surface area contributed by atoms with Gasteiger partial charge in [0.15, 0.2) is 0 Å². The minimum absolute atomic E-state index is 0.110. The minimum Gasteiger partial charge on any atom is -0.260 e. The first-order valence-corrected chi connectivity index (χ1v) is 13.7. The van der Waals surface area contributed by atoms with E-state index in [4.69, 9.17) is 0 Å². The number of hydrogen-bond donors (Lipinski definition) is 0. The number of ether oxygens (including phenoxy) is 7. The van der Waals surface area contributed by atoms with Crippen molar-refractivity contribution in [2.24, 2.45) is 0 Å². The van der Waals surface area contributed by atoms with E-state index in [1.165, 1.54) is 9.47 Å². The van der Waals surface area contributed by atoms with Gasteiger partial charge in [0.1, 0.15) is 0 Å². The van der Waals surface area contributed by atoms with Crippen molar-refractivity contribution >= 4 is 0 Å². The van der Waals surface area contributed by atoms with Crippen LogP contribution in [-0.2, 0) is 33.2 Å². The third kappa shape index (κ3) is 11.5. The number of alkyl halides is 36. The van der Waals surface area contributed by atoms with Gasteiger partial charge in [-0.05, 0) is 0 Å². The summed E-state index contributed by atoms with van der Waals surface area (Å²) in [4.78, 5) is 0. The molecule has 0 aromatic carbocycles. The molecule has 0 bridgehead atoms. The van der Waals surface area contributed by atoms with Crippen molar-refractivity contribution in [3.8, 4) is 0 Å². The Morgan fingerprint density at radius 3 is 0.766 bits per heavy atom. The zero-order valence-electron chi connectivity index (χ0n) is 28.2. The fourth-order valence-electron chi connectivity index (χ4n) is 2.69. The monoisotopic (exact) mass is 1060 g/mol. The van der Waals surface area contributed by atoms with Gasteiger partial charge in [0.25, 0.3) is 0 Å². The zero-order valence-corrected chi connectivity index (χ0v) is 28.2. The summed E-state index contributed by atoms with van der Waals surface area (Å²) < 4.78 is 491. The van der Waals surface area contributed by atoms with Crippen LogP contribution in [0.1, 0.15) is 20.3 Å².